The third kappa shape index (κ3) is 5.68. The van der Waals surface area contributed by atoms with E-state index in [1.165, 1.54) is 24.1 Å². The van der Waals surface area contributed by atoms with Gasteiger partial charge < -0.3 is 10.6 Å². The van der Waals surface area contributed by atoms with Crippen molar-refractivity contribution in [1.82, 2.24) is 5.32 Å². The largest absolute Gasteiger partial charge is 0.382 e. The minimum Gasteiger partial charge on any atom is -0.382 e. The number of rotatable bonds is 9. The van der Waals surface area contributed by atoms with Gasteiger partial charge in [0.2, 0.25) is 0 Å². The molecule has 0 amide bonds. The van der Waals surface area contributed by atoms with Crippen LogP contribution in [0.1, 0.15) is 32.3 Å². The van der Waals surface area contributed by atoms with Crippen LogP contribution >= 0.6 is 0 Å². The van der Waals surface area contributed by atoms with Crippen LogP contribution in [0.5, 0.6) is 0 Å². The zero-order valence-corrected chi connectivity index (χ0v) is 15.3. The number of anilines is 1. The molecule has 1 fully saturated rings. The fourth-order valence-electron chi connectivity index (χ4n) is 2.52. The van der Waals surface area contributed by atoms with Gasteiger partial charge in [-0.1, -0.05) is 56.2 Å². The maximum atomic E-state index is 4.05. The second-order valence-corrected chi connectivity index (χ2v) is 6.15. The third-order valence-electron chi connectivity index (χ3n) is 4.11. The molecule has 0 heterocycles. The lowest BCUT2D eigenvalue weighted by atomic mass is 10.0. The molecule has 1 aromatic rings. The van der Waals surface area contributed by atoms with Gasteiger partial charge >= 0.3 is 0 Å². The van der Waals surface area contributed by atoms with E-state index >= 15 is 0 Å². The molecule has 0 aromatic heterocycles. The van der Waals surface area contributed by atoms with Crippen molar-refractivity contribution in [2.24, 2.45) is 0 Å². The molecule has 25 heavy (non-hydrogen) atoms. The minimum absolute atomic E-state index is 0.653. The highest BCUT2D eigenvalue weighted by Crippen LogP contribution is 2.27. The Morgan fingerprint density at radius 3 is 2.48 bits per heavy atom. The van der Waals surface area contributed by atoms with Crippen molar-refractivity contribution in [3.8, 4) is 0 Å². The van der Waals surface area contributed by atoms with Crippen molar-refractivity contribution in [1.29, 1.82) is 0 Å². The molecule has 2 nitrogen and oxygen atoms in total. The first-order chi connectivity index (χ1) is 12.1. The summed E-state index contributed by atoms with van der Waals surface area (Å²) in [7, 11) is 0. The molecule has 0 atom stereocenters. The lowest BCUT2D eigenvalue weighted by Gasteiger charge is -2.11. The Bertz CT molecular complexity index is 743. The molecule has 0 unspecified atom stereocenters. The number of allylic oxidation sites excluding steroid dienone is 6. The average Bonchev–Trinajstić information content (AvgIpc) is 3.41. The van der Waals surface area contributed by atoms with E-state index in [0.717, 1.165) is 22.5 Å². The summed E-state index contributed by atoms with van der Waals surface area (Å²) in [6.45, 7) is 15.9. The van der Waals surface area contributed by atoms with Crippen molar-refractivity contribution in [2.45, 2.75) is 32.7 Å². The highest BCUT2D eigenvalue weighted by atomic mass is 14.9. The molecule has 1 aliphatic rings. The van der Waals surface area contributed by atoms with Crippen LogP contribution in [-0.2, 0) is 0 Å². The molecular formula is C23H28N2. The number of hydrogen-bond acceptors (Lipinski definition) is 2. The molecule has 2 N–H and O–H groups in total. The summed E-state index contributed by atoms with van der Waals surface area (Å²) in [6, 6.07) is 9.19. The fourth-order valence-corrected chi connectivity index (χ4v) is 2.52. The van der Waals surface area contributed by atoms with Crippen molar-refractivity contribution >= 4 is 11.3 Å². The van der Waals surface area contributed by atoms with Gasteiger partial charge in [0.1, 0.15) is 0 Å². The molecule has 0 bridgehead atoms. The SMILES string of the molecule is C=C/C(=C\C)C(=C)NC(=C)/C=C\C(=C/C)c1cccc(NC2CC2)c1. The number of benzene rings is 1. The third-order valence-corrected chi connectivity index (χ3v) is 4.11. The van der Waals surface area contributed by atoms with E-state index in [2.05, 4.69) is 66.8 Å². The van der Waals surface area contributed by atoms with Crippen LogP contribution in [0.3, 0.4) is 0 Å². The topological polar surface area (TPSA) is 24.1 Å². The summed E-state index contributed by atoms with van der Waals surface area (Å²) in [4.78, 5) is 0. The fraction of sp³-hybridized carbons (Fsp3) is 0.217. The monoisotopic (exact) mass is 332 g/mol. The summed E-state index contributed by atoms with van der Waals surface area (Å²) in [5.74, 6) is 0. The summed E-state index contributed by atoms with van der Waals surface area (Å²) >= 11 is 0. The molecule has 0 radical (unpaired) electrons. The lowest BCUT2D eigenvalue weighted by molar-refractivity contribution is 1.04. The summed E-state index contributed by atoms with van der Waals surface area (Å²) < 4.78 is 0. The Morgan fingerprint density at radius 2 is 1.88 bits per heavy atom. The normalized spacial score (nSPS) is 15.1. The van der Waals surface area contributed by atoms with Crippen molar-refractivity contribution in [2.75, 3.05) is 5.32 Å². The van der Waals surface area contributed by atoms with Crippen molar-refractivity contribution in [3.63, 3.8) is 0 Å². The zero-order valence-electron chi connectivity index (χ0n) is 15.3. The standard InChI is InChI=1S/C23H28N2/c1-6-19(7-2)18(5)24-17(4)12-13-20(8-3)21-10-9-11-23(16-21)25-22-14-15-22/h6-13,16,22,24-25H,1,4-5,14-15H2,2-3H3/b13-12-,19-7+,20-8+. The second-order valence-electron chi connectivity index (χ2n) is 6.15. The van der Waals surface area contributed by atoms with Crippen molar-refractivity contribution in [3.05, 3.63) is 96.9 Å². The Kier molecular flexibility index (Phi) is 6.64. The second kappa shape index (κ2) is 8.93. The lowest BCUT2D eigenvalue weighted by Crippen LogP contribution is -2.10. The summed E-state index contributed by atoms with van der Waals surface area (Å²) in [5.41, 5.74) is 6.09. The van der Waals surface area contributed by atoms with Crippen LogP contribution in [-0.4, -0.2) is 6.04 Å². The predicted molar refractivity (Wildman–Crippen MR) is 111 cm³/mol. The van der Waals surface area contributed by atoms with Gasteiger partial charge in [0.25, 0.3) is 0 Å². The molecule has 2 rings (SSSR count). The quantitative estimate of drug-likeness (QED) is 0.544. The van der Waals surface area contributed by atoms with E-state index in [1.807, 2.05) is 26.0 Å². The highest BCUT2D eigenvalue weighted by molar-refractivity contribution is 5.76. The Balaban J connectivity index is 2.03. The van der Waals surface area contributed by atoms with Gasteiger partial charge in [-0.3, -0.25) is 0 Å². The Hall–Kier alpha value is -2.74. The van der Waals surface area contributed by atoms with E-state index in [1.54, 1.807) is 6.08 Å². The van der Waals surface area contributed by atoms with Crippen LogP contribution in [0, 0.1) is 0 Å². The van der Waals surface area contributed by atoms with Gasteiger partial charge in [0.15, 0.2) is 0 Å². The Labute approximate surface area is 152 Å². The molecule has 2 heteroatoms. The first-order valence-electron chi connectivity index (χ1n) is 8.72. The van der Waals surface area contributed by atoms with Gasteiger partial charge in [0.05, 0.1) is 0 Å². The van der Waals surface area contributed by atoms with E-state index < -0.39 is 0 Å². The van der Waals surface area contributed by atoms with Crippen LogP contribution in [0.2, 0.25) is 0 Å². The minimum atomic E-state index is 0.653. The van der Waals surface area contributed by atoms with Crippen molar-refractivity contribution < 1.29 is 0 Å². The molecular weight excluding hydrogens is 304 g/mol. The molecule has 1 saturated carbocycles. The molecule has 0 saturated heterocycles. The Morgan fingerprint density at radius 1 is 1.12 bits per heavy atom. The van der Waals surface area contributed by atoms with Crippen LogP contribution < -0.4 is 10.6 Å². The molecule has 0 aliphatic heterocycles. The maximum absolute atomic E-state index is 4.05. The maximum Gasteiger partial charge on any atom is 0.0381 e. The molecule has 0 spiro atoms. The molecule has 130 valence electrons. The van der Waals surface area contributed by atoms with E-state index in [-0.39, 0.29) is 0 Å². The molecule has 1 aliphatic carbocycles. The van der Waals surface area contributed by atoms with Gasteiger partial charge in [-0.15, -0.1) is 0 Å². The van der Waals surface area contributed by atoms with Crippen LogP contribution in [0.15, 0.2) is 91.3 Å². The predicted octanol–water partition coefficient (Wildman–Crippen LogP) is 5.97. The summed E-state index contributed by atoms with van der Waals surface area (Å²) in [5, 5.41) is 6.75. The van der Waals surface area contributed by atoms with E-state index in [9.17, 15) is 0 Å². The van der Waals surface area contributed by atoms with Crippen LogP contribution in [0.4, 0.5) is 5.69 Å². The van der Waals surface area contributed by atoms with E-state index in [0.29, 0.717) is 6.04 Å². The summed E-state index contributed by atoms with van der Waals surface area (Å²) in [6.07, 6.45) is 12.4. The highest BCUT2D eigenvalue weighted by Gasteiger charge is 2.20. The van der Waals surface area contributed by atoms with Gasteiger partial charge in [-0.05, 0) is 61.6 Å². The van der Waals surface area contributed by atoms with Crippen LogP contribution in [0.25, 0.3) is 5.57 Å². The van der Waals surface area contributed by atoms with Gasteiger partial charge in [-0.25, -0.2) is 0 Å². The average molecular weight is 332 g/mol. The smallest absolute Gasteiger partial charge is 0.0381 e. The van der Waals surface area contributed by atoms with Gasteiger partial charge in [0, 0.05) is 23.1 Å². The zero-order chi connectivity index (χ0) is 18.2. The van der Waals surface area contributed by atoms with E-state index in [4.69, 9.17) is 0 Å². The first-order valence-corrected chi connectivity index (χ1v) is 8.72. The first kappa shape index (κ1) is 18.6. The molecule has 1 aromatic carbocycles. The van der Waals surface area contributed by atoms with Gasteiger partial charge in [-0.2, -0.15) is 0 Å². The number of nitrogens with one attached hydrogen (secondary N) is 2. The number of hydrogen-bond donors (Lipinski definition) is 2.